The minimum absolute atomic E-state index is 0.280. The van der Waals surface area contributed by atoms with Crippen LogP contribution in [0.3, 0.4) is 0 Å². The Labute approximate surface area is 121 Å². The molecule has 0 bridgehead atoms. The van der Waals surface area contributed by atoms with Gasteiger partial charge in [-0.15, -0.1) is 5.10 Å². The van der Waals surface area contributed by atoms with E-state index >= 15 is 0 Å². The van der Waals surface area contributed by atoms with Crippen LogP contribution in [0.5, 0.6) is 0 Å². The third kappa shape index (κ3) is 2.74. The Hall–Kier alpha value is -2.76. The highest BCUT2D eigenvalue weighted by molar-refractivity contribution is 5.72. The molecule has 0 unspecified atom stereocenters. The van der Waals surface area contributed by atoms with Crippen molar-refractivity contribution in [3.8, 4) is 11.4 Å². The fourth-order valence-corrected chi connectivity index (χ4v) is 2.18. The molecule has 1 heterocycles. The summed E-state index contributed by atoms with van der Waals surface area (Å²) in [5.41, 5.74) is 9.24. The van der Waals surface area contributed by atoms with E-state index in [-0.39, 0.29) is 5.82 Å². The number of hydrogen-bond donors (Lipinski definition) is 1. The third-order valence-corrected chi connectivity index (χ3v) is 3.20. The molecule has 2 aromatic carbocycles. The number of aryl methyl sites for hydroxylation is 1. The largest absolute Gasteiger partial charge is 0.398 e. The summed E-state index contributed by atoms with van der Waals surface area (Å²) in [6, 6.07) is 12.0. The Bertz CT molecular complexity index is 781. The molecule has 3 rings (SSSR count). The highest BCUT2D eigenvalue weighted by Crippen LogP contribution is 2.25. The molecule has 0 aliphatic heterocycles. The average Bonchev–Trinajstić information content (AvgIpc) is 2.89. The predicted octanol–water partition coefficient (Wildman–Crippen LogP) is 2.42. The summed E-state index contributed by atoms with van der Waals surface area (Å²) in [6.45, 7) is 2.36. The number of tetrazole rings is 1. The SMILES string of the molecule is Cc1ccc(N)c(-c2nnnn2Cc2cccc(F)c2)c1. The van der Waals surface area contributed by atoms with Crippen molar-refractivity contribution in [1.29, 1.82) is 0 Å². The Morgan fingerprint density at radius 3 is 2.86 bits per heavy atom. The first kappa shape index (κ1) is 13.2. The normalized spacial score (nSPS) is 10.8. The zero-order valence-corrected chi connectivity index (χ0v) is 11.5. The van der Waals surface area contributed by atoms with Crippen LogP contribution < -0.4 is 5.73 Å². The number of rotatable bonds is 3. The number of nitrogen functional groups attached to an aromatic ring is 1. The molecule has 0 aliphatic rings. The van der Waals surface area contributed by atoms with Crippen molar-refractivity contribution in [2.45, 2.75) is 13.5 Å². The molecular formula is C15H14FN5. The van der Waals surface area contributed by atoms with E-state index in [4.69, 9.17) is 5.73 Å². The summed E-state index contributed by atoms with van der Waals surface area (Å²) in [7, 11) is 0. The number of aromatic nitrogens is 4. The standard InChI is InChI=1S/C15H14FN5/c1-10-5-6-14(17)13(7-10)15-18-19-20-21(15)9-11-3-2-4-12(16)8-11/h2-8H,9,17H2,1H3. The van der Waals surface area contributed by atoms with E-state index in [1.807, 2.05) is 31.2 Å². The molecule has 5 nitrogen and oxygen atoms in total. The van der Waals surface area contributed by atoms with Crippen LogP contribution in [0.25, 0.3) is 11.4 Å². The second-order valence-corrected chi connectivity index (χ2v) is 4.88. The second kappa shape index (κ2) is 5.32. The van der Waals surface area contributed by atoms with Crippen LogP contribution in [0, 0.1) is 12.7 Å². The number of nitrogens with two attached hydrogens (primary N) is 1. The maximum absolute atomic E-state index is 13.3. The van der Waals surface area contributed by atoms with Crippen molar-refractivity contribution >= 4 is 5.69 Å². The molecule has 3 aromatic rings. The van der Waals surface area contributed by atoms with Crippen molar-refractivity contribution in [2.24, 2.45) is 0 Å². The highest BCUT2D eigenvalue weighted by atomic mass is 19.1. The number of benzene rings is 2. The van der Waals surface area contributed by atoms with E-state index < -0.39 is 0 Å². The molecule has 2 N–H and O–H groups in total. The number of halogens is 1. The van der Waals surface area contributed by atoms with Gasteiger partial charge in [0, 0.05) is 11.3 Å². The van der Waals surface area contributed by atoms with Crippen molar-refractivity contribution < 1.29 is 4.39 Å². The first-order chi connectivity index (χ1) is 10.1. The van der Waals surface area contributed by atoms with Gasteiger partial charge >= 0.3 is 0 Å². The van der Waals surface area contributed by atoms with Crippen LogP contribution in [-0.4, -0.2) is 20.2 Å². The molecule has 21 heavy (non-hydrogen) atoms. The lowest BCUT2D eigenvalue weighted by Gasteiger charge is -2.08. The van der Waals surface area contributed by atoms with Gasteiger partial charge in [-0.25, -0.2) is 9.07 Å². The Kier molecular flexibility index (Phi) is 3.35. The van der Waals surface area contributed by atoms with E-state index in [0.29, 0.717) is 18.1 Å². The van der Waals surface area contributed by atoms with Gasteiger partial charge in [-0.1, -0.05) is 23.8 Å². The van der Waals surface area contributed by atoms with Crippen LogP contribution in [-0.2, 0) is 6.54 Å². The van der Waals surface area contributed by atoms with Gasteiger partial charge in [0.1, 0.15) is 5.82 Å². The third-order valence-electron chi connectivity index (χ3n) is 3.20. The van der Waals surface area contributed by atoms with Gasteiger partial charge < -0.3 is 5.73 Å². The molecular weight excluding hydrogens is 269 g/mol. The van der Waals surface area contributed by atoms with Gasteiger partial charge in [-0.05, 0) is 47.2 Å². The van der Waals surface area contributed by atoms with Gasteiger partial charge in [0.25, 0.3) is 0 Å². The molecule has 0 saturated carbocycles. The molecule has 1 aromatic heterocycles. The molecule has 0 atom stereocenters. The Morgan fingerprint density at radius 2 is 2.05 bits per heavy atom. The van der Waals surface area contributed by atoms with Crippen molar-refractivity contribution in [3.63, 3.8) is 0 Å². The molecule has 0 amide bonds. The highest BCUT2D eigenvalue weighted by Gasteiger charge is 2.12. The molecule has 0 spiro atoms. The van der Waals surface area contributed by atoms with Crippen LogP contribution >= 0.6 is 0 Å². The van der Waals surface area contributed by atoms with Crippen molar-refractivity contribution in [2.75, 3.05) is 5.73 Å². The fourth-order valence-electron chi connectivity index (χ4n) is 2.18. The lowest BCUT2D eigenvalue weighted by molar-refractivity contribution is 0.615. The Balaban J connectivity index is 1.99. The summed E-state index contributed by atoms with van der Waals surface area (Å²) < 4.78 is 14.9. The summed E-state index contributed by atoms with van der Waals surface area (Å²) in [5.74, 6) is 0.289. The number of hydrogen-bond acceptors (Lipinski definition) is 4. The van der Waals surface area contributed by atoms with Crippen molar-refractivity contribution in [3.05, 3.63) is 59.4 Å². The second-order valence-electron chi connectivity index (χ2n) is 4.88. The predicted molar refractivity (Wildman–Crippen MR) is 77.9 cm³/mol. The van der Waals surface area contributed by atoms with Gasteiger partial charge in [0.15, 0.2) is 5.82 Å². The van der Waals surface area contributed by atoms with E-state index in [0.717, 1.165) is 16.7 Å². The smallest absolute Gasteiger partial charge is 0.184 e. The molecule has 106 valence electrons. The topological polar surface area (TPSA) is 69.6 Å². The Morgan fingerprint density at radius 1 is 1.19 bits per heavy atom. The van der Waals surface area contributed by atoms with Crippen LogP contribution in [0.1, 0.15) is 11.1 Å². The van der Waals surface area contributed by atoms with E-state index in [1.165, 1.54) is 12.1 Å². The first-order valence-corrected chi connectivity index (χ1v) is 6.50. The summed E-state index contributed by atoms with van der Waals surface area (Å²) in [6.07, 6.45) is 0. The van der Waals surface area contributed by atoms with Gasteiger partial charge in [-0.2, -0.15) is 0 Å². The number of anilines is 1. The molecule has 6 heteroatoms. The van der Waals surface area contributed by atoms with Gasteiger partial charge in [0.2, 0.25) is 0 Å². The molecule has 0 radical (unpaired) electrons. The van der Waals surface area contributed by atoms with Crippen LogP contribution in [0.15, 0.2) is 42.5 Å². The summed E-state index contributed by atoms with van der Waals surface area (Å²) >= 11 is 0. The molecule has 0 aliphatic carbocycles. The average molecular weight is 283 g/mol. The van der Waals surface area contributed by atoms with Gasteiger partial charge in [-0.3, -0.25) is 0 Å². The fraction of sp³-hybridized carbons (Fsp3) is 0.133. The maximum Gasteiger partial charge on any atom is 0.184 e. The summed E-state index contributed by atoms with van der Waals surface area (Å²) in [5, 5.41) is 11.7. The minimum atomic E-state index is -0.280. The van der Waals surface area contributed by atoms with E-state index in [1.54, 1.807) is 10.7 Å². The lowest BCUT2D eigenvalue weighted by atomic mass is 10.1. The lowest BCUT2D eigenvalue weighted by Crippen LogP contribution is -2.06. The molecule has 0 fully saturated rings. The zero-order valence-electron chi connectivity index (χ0n) is 11.5. The first-order valence-electron chi connectivity index (χ1n) is 6.50. The van der Waals surface area contributed by atoms with Gasteiger partial charge in [0.05, 0.1) is 6.54 Å². The van der Waals surface area contributed by atoms with Crippen LogP contribution in [0.2, 0.25) is 0 Å². The quantitative estimate of drug-likeness (QED) is 0.749. The van der Waals surface area contributed by atoms with Crippen molar-refractivity contribution in [1.82, 2.24) is 20.2 Å². The maximum atomic E-state index is 13.3. The zero-order chi connectivity index (χ0) is 14.8. The van der Waals surface area contributed by atoms with E-state index in [2.05, 4.69) is 15.5 Å². The molecule has 0 saturated heterocycles. The van der Waals surface area contributed by atoms with Crippen LogP contribution in [0.4, 0.5) is 10.1 Å². The summed E-state index contributed by atoms with van der Waals surface area (Å²) in [4.78, 5) is 0. The minimum Gasteiger partial charge on any atom is -0.398 e. The number of nitrogens with zero attached hydrogens (tertiary/aromatic N) is 4. The monoisotopic (exact) mass is 283 g/mol. The van der Waals surface area contributed by atoms with E-state index in [9.17, 15) is 4.39 Å².